The van der Waals surface area contributed by atoms with Gasteiger partial charge in [0.1, 0.15) is 0 Å². The first-order chi connectivity index (χ1) is 12.7. The molecule has 8 nitrogen and oxygen atoms in total. The molecule has 0 bridgehead atoms. The maximum Gasteiger partial charge on any atom is 0.256 e. The first-order valence-corrected chi connectivity index (χ1v) is 9.92. The molecule has 0 saturated carbocycles. The van der Waals surface area contributed by atoms with Crippen molar-refractivity contribution in [3.8, 4) is 0 Å². The SMILES string of the molecule is CCNS(=O)(=O)c1ccc(C)c(C(=O)Nc2cnc3c(c2)c(C)nn3C)c1. The van der Waals surface area contributed by atoms with E-state index >= 15 is 0 Å². The summed E-state index contributed by atoms with van der Waals surface area (Å²) in [5.41, 5.74) is 3.01. The number of rotatable bonds is 5. The molecule has 0 atom stereocenters. The van der Waals surface area contributed by atoms with Gasteiger partial charge in [-0.2, -0.15) is 5.10 Å². The number of hydrogen-bond acceptors (Lipinski definition) is 5. The number of pyridine rings is 1. The molecule has 0 aliphatic rings. The van der Waals surface area contributed by atoms with Gasteiger partial charge in [0.25, 0.3) is 5.91 Å². The number of aryl methyl sites for hydroxylation is 3. The van der Waals surface area contributed by atoms with Crippen LogP contribution < -0.4 is 10.0 Å². The zero-order chi connectivity index (χ0) is 19.8. The molecule has 0 aliphatic carbocycles. The lowest BCUT2D eigenvalue weighted by Crippen LogP contribution is -2.24. The van der Waals surface area contributed by atoms with Crippen molar-refractivity contribution in [1.82, 2.24) is 19.5 Å². The number of amides is 1. The molecule has 0 unspecified atom stereocenters. The monoisotopic (exact) mass is 387 g/mol. The van der Waals surface area contributed by atoms with E-state index < -0.39 is 15.9 Å². The van der Waals surface area contributed by atoms with Crippen LogP contribution in [0.5, 0.6) is 0 Å². The third-order valence-electron chi connectivity index (χ3n) is 4.22. The normalized spacial score (nSPS) is 11.7. The highest BCUT2D eigenvalue weighted by atomic mass is 32.2. The summed E-state index contributed by atoms with van der Waals surface area (Å²) in [6.45, 7) is 5.59. The first-order valence-electron chi connectivity index (χ1n) is 8.44. The van der Waals surface area contributed by atoms with Gasteiger partial charge in [-0.3, -0.25) is 9.48 Å². The molecule has 9 heteroatoms. The number of nitrogens with one attached hydrogen (secondary N) is 2. The van der Waals surface area contributed by atoms with Crippen molar-refractivity contribution in [2.45, 2.75) is 25.7 Å². The molecule has 2 aromatic heterocycles. The van der Waals surface area contributed by atoms with Gasteiger partial charge in [0.05, 0.1) is 22.5 Å². The zero-order valence-electron chi connectivity index (χ0n) is 15.6. The molecular weight excluding hydrogens is 366 g/mol. The summed E-state index contributed by atoms with van der Waals surface area (Å²) in [6.07, 6.45) is 1.55. The van der Waals surface area contributed by atoms with Crippen LogP contribution in [0.1, 0.15) is 28.5 Å². The topological polar surface area (TPSA) is 106 Å². The van der Waals surface area contributed by atoms with Crippen molar-refractivity contribution < 1.29 is 13.2 Å². The van der Waals surface area contributed by atoms with E-state index in [1.54, 1.807) is 43.9 Å². The Balaban J connectivity index is 1.93. The molecule has 0 radical (unpaired) electrons. The fourth-order valence-corrected chi connectivity index (χ4v) is 3.93. The zero-order valence-corrected chi connectivity index (χ0v) is 16.4. The predicted molar refractivity (Wildman–Crippen MR) is 103 cm³/mol. The average molecular weight is 387 g/mol. The number of hydrogen-bond donors (Lipinski definition) is 2. The molecule has 27 heavy (non-hydrogen) atoms. The van der Waals surface area contributed by atoms with Crippen molar-refractivity contribution in [1.29, 1.82) is 0 Å². The molecule has 2 heterocycles. The molecule has 0 aliphatic heterocycles. The van der Waals surface area contributed by atoms with E-state index in [-0.39, 0.29) is 17.0 Å². The first kappa shape index (κ1) is 19.0. The predicted octanol–water partition coefficient (Wildman–Crippen LogP) is 2.14. The summed E-state index contributed by atoms with van der Waals surface area (Å²) in [4.78, 5) is 17.1. The van der Waals surface area contributed by atoms with E-state index in [1.807, 2.05) is 6.92 Å². The second-order valence-electron chi connectivity index (χ2n) is 6.24. The average Bonchev–Trinajstić information content (AvgIpc) is 2.88. The maximum absolute atomic E-state index is 12.7. The highest BCUT2D eigenvalue weighted by molar-refractivity contribution is 7.89. The number of carbonyl (C=O) groups is 1. The molecule has 0 saturated heterocycles. The number of benzene rings is 1. The number of aromatic nitrogens is 3. The number of nitrogens with zero attached hydrogens (tertiary/aromatic N) is 3. The minimum atomic E-state index is -3.64. The minimum absolute atomic E-state index is 0.0526. The van der Waals surface area contributed by atoms with Gasteiger partial charge >= 0.3 is 0 Å². The van der Waals surface area contributed by atoms with Crippen LogP contribution in [0.4, 0.5) is 5.69 Å². The van der Waals surface area contributed by atoms with Gasteiger partial charge in [0.2, 0.25) is 10.0 Å². The summed E-state index contributed by atoms with van der Waals surface area (Å²) >= 11 is 0. The highest BCUT2D eigenvalue weighted by Crippen LogP contribution is 2.21. The molecule has 3 rings (SSSR count). The molecule has 1 amide bonds. The Bertz CT molecular complexity index is 1140. The molecule has 0 spiro atoms. The minimum Gasteiger partial charge on any atom is -0.321 e. The number of sulfonamides is 1. The third-order valence-corrected chi connectivity index (χ3v) is 5.76. The van der Waals surface area contributed by atoms with Gasteiger partial charge in [-0.05, 0) is 37.6 Å². The Morgan fingerprint density at radius 1 is 1.22 bits per heavy atom. The summed E-state index contributed by atoms with van der Waals surface area (Å²) in [5.74, 6) is -0.399. The Labute approximate surface area is 157 Å². The molecule has 2 N–H and O–H groups in total. The van der Waals surface area contributed by atoms with Gasteiger partial charge < -0.3 is 5.32 Å². The Kier molecular flexibility index (Phi) is 4.99. The van der Waals surface area contributed by atoms with Crippen LogP contribution in [0.15, 0.2) is 35.4 Å². The van der Waals surface area contributed by atoms with E-state index in [4.69, 9.17) is 0 Å². The van der Waals surface area contributed by atoms with E-state index in [9.17, 15) is 13.2 Å². The van der Waals surface area contributed by atoms with Crippen molar-refractivity contribution in [2.24, 2.45) is 7.05 Å². The second kappa shape index (κ2) is 7.09. The van der Waals surface area contributed by atoms with Crippen molar-refractivity contribution in [2.75, 3.05) is 11.9 Å². The lowest BCUT2D eigenvalue weighted by molar-refractivity contribution is 0.102. The smallest absolute Gasteiger partial charge is 0.256 e. The van der Waals surface area contributed by atoms with E-state index in [2.05, 4.69) is 20.1 Å². The molecule has 3 aromatic rings. The van der Waals surface area contributed by atoms with Gasteiger partial charge in [-0.1, -0.05) is 13.0 Å². The molecular formula is C18H21N5O3S. The van der Waals surface area contributed by atoms with Crippen LogP contribution in [-0.4, -0.2) is 35.6 Å². The fraction of sp³-hybridized carbons (Fsp3) is 0.278. The largest absolute Gasteiger partial charge is 0.321 e. The summed E-state index contributed by atoms with van der Waals surface area (Å²) in [6, 6.07) is 6.28. The number of fused-ring (bicyclic) bond motifs is 1. The number of carbonyl (C=O) groups excluding carboxylic acids is 1. The summed E-state index contributed by atoms with van der Waals surface area (Å²) < 4.78 is 28.5. The van der Waals surface area contributed by atoms with Gasteiger partial charge in [0.15, 0.2) is 5.65 Å². The quantitative estimate of drug-likeness (QED) is 0.698. The van der Waals surface area contributed by atoms with E-state index in [0.717, 1.165) is 16.7 Å². The van der Waals surface area contributed by atoms with E-state index in [1.165, 1.54) is 12.1 Å². The summed E-state index contributed by atoms with van der Waals surface area (Å²) in [5, 5.41) is 7.93. The van der Waals surface area contributed by atoms with Crippen LogP contribution in [0, 0.1) is 13.8 Å². The molecule has 142 valence electrons. The van der Waals surface area contributed by atoms with E-state index in [0.29, 0.717) is 11.3 Å². The summed E-state index contributed by atoms with van der Waals surface area (Å²) in [7, 11) is -1.84. The lowest BCUT2D eigenvalue weighted by atomic mass is 10.1. The Morgan fingerprint density at radius 3 is 2.67 bits per heavy atom. The van der Waals surface area contributed by atoms with Crippen molar-refractivity contribution in [3.63, 3.8) is 0 Å². The lowest BCUT2D eigenvalue weighted by Gasteiger charge is -2.11. The van der Waals surface area contributed by atoms with Crippen molar-refractivity contribution >= 4 is 32.7 Å². The molecule has 1 aromatic carbocycles. The van der Waals surface area contributed by atoms with Crippen LogP contribution >= 0.6 is 0 Å². The maximum atomic E-state index is 12.7. The van der Waals surface area contributed by atoms with Gasteiger partial charge in [0, 0.05) is 24.5 Å². The van der Waals surface area contributed by atoms with Gasteiger partial charge in [-0.15, -0.1) is 0 Å². The second-order valence-corrected chi connectivity index (χ2v) is 8.00. The Hall–Kier alpha value is -2.78. The third kappa shape index (κ3) is 3.69. The van der Waals surface area contributed by atoms with Crippen LogP contribution in [0.25, 0.3) is 11.0 Å². The van der Waals surface area contributed by atoms with Crippen LogP contribution in [0.3, 0.4) is 0 Å². The molecule has 0 fully saturated rings. The fourth-order valence-electron chi connectivity index (χ4n) is 2.86. The number of anilines is 1. The van der Waals surface area contributed by atoms with Crippen LogP contribution in [0.2, 0.25) is 0 Å². The standard InChI is InChI=1S/C18H21N5O3S/c1-5-20-27(25,26)14-7-6-11(2)15(9-14)18(24)21-13-8-16-12(3)22-23(4)17(16)19-10-13/h6-10,20H,5H2,1-4H3,(H,21,24). The van der Waals surface area contributed by atoms with Gasteiger partial charge in [-0.25, -0.2) is 18.1 Å². The van der Waals surface area contributed by atoms with Crippen molar-refractivity contribution in [3.05, 3.63) is 47.3 Å². The highest BCUT2D eigenvalue weighted by Gasteiger charge is 2.18. The van der Waals surface area contributed by atoms with Crippen LogP contribution in [-0.2, 0) is 17.1 Å². The Morgan fingerprint density at radius 2 is 1.96 bits per heavy atom.